The quantitative estimate of drug-likeness (QED) is 0.789. The topological polar surface area (TPSA) is 59.8 Å². The van der Waals surface area contributed by atoms with Crippen molar-refractivity contribution in [3.63, 3.8) is 0 Å². The van der Waals surface area contributed by atoms with E-state index in [0.717, 1.165) is 5.56 Å². The number of H-pyrrole nitrogens is 1. The number of aromatic amines is 1. The lowest BCUT2D eigenvalue weighted by atomic mass is 10.1. The third-order valence-electron chi connectivity index (χ3n) is 3.34. The average Bonchev–Trinajstić information content (AvgIpc) is 2.81. The molecule has 0 atom stereocenters. The van der Waals surface area contributed by atoms with Gasteiger partial charge in [-0.25, -0.2) is 14.3 Å². The van der Waals surface area contributed by atoms with Gasteiger partial charge < -0.3 is 0 Å². The van der Waals surface area contributed by atoms with Crippen LogP contribution in [0.3, 0.4) is 0 Å². The summed E-state index contributed by atoms with van der Waals surface area (Å²) in [6.07, 6.45) is 0.685. The van der Waals surface area contributed by atoms with Crippen molar-refractivity contribution in [2.45, 2.75) is 13.0 Å². The molecular formula is C16H15N3O2. The maximum Gasteiger partial charge on any atom is 0.349 e. The van der Waals surface area contributed by atoms with Crippen LogP contribution in [0.2, 0.25) is 0 Å². The second-order valence-electron chi connectivity index (χ2n) is 4.74. The van der Waals surface area contributed by atoms with E-state index < -0.39 is 5.69 Å². The molecule has 2 aromatic carbocycles. The van der Waals surface area contributed by atoms with Crippen molar-refractivity contribution in [1.29, 1.82) is 0 Å². The highest BCUT2D eigenvalue weighted by atomic mass is 16.2. The zero-order valence-corrected chi connectivity index (χ0v) is 11.4. The van der Waals surface area contributed by atoms with E-state index >= 15 is 0 Å². The number of para-hydroxylation sites is 1. The Morgan fingerprint density at radius 3 is 2.10 bits per heavy atom. The van der Waals surface area contributed by atoms with Gasteiger partial charge in [0.1, 0.15) is 0 Å². The number of benzene rings is 2. The minimum atomic E-state index is -0.417. The smallest absolute Gasteiger partial charge is 0.256 e. The lowest BCUT2D eigenvalue weighted by Crippen LogP contribution is -2.26. The van der Waals surface area contributed by atoms with Crippen molar-refractivity contribution in [1.82, 2.24) is 14.3 Å². The first-order chi connectivity index (χ1) is 10.3. The molecule has 21 heavy (non-hydrogen) atoms. The number of aromatic nitrogens is 3. The fourth-order valence-corrected chi connectivity index (χ4v) is 2.32. The summed E-state index contributed by atoms with van der Waals surface area (Å²) in [6, 6.07) is 19.0. The van der Waals surface area contributed by atoms with Crippen LogP contribution in [0, 0.1) is 0 Å². The van der Waals surface area contributed by atoms with Gasteiger partial charge >= 0.3 is 11.4 Å². The van der Waals surface area contributed by atoms with Crippen LogP contribution in [0.1, 0.15) is 5.56 Å². The Balaban J connectivity index is 1.96. The summed E-state index contributed by atoms with van der Waals surface area (Å²) in [6.45, 7) is 0.441. The van der Waals surface area contributed by atoms with E-state index in [-0.39, 0.29) is 5.69 Å². The van der Waals surface area contributed by atoms with E-state index in [2.05, 4.69) is 4.98 Å². The van der Waals surface area contributed by atoms with Crippen LogP contribution in [0.5, 0.6) is 0 Å². The minimum Gasteiger partial charge on any atom is -0.256 e. The molecule has 0 amide bonds. The van der Waals surface area contributed by atoms with Gasteiger partial charge in [0.25, 0.3) is 0 Å². The van der Waals surface area contributed by atoms with Gasteiger partial charge in [-0.3, -0.25) is 4.98 Å². The third-order valence-corrected chi connectivity index (χ3v) is 3.34. The molecule has 0 bridgehead atoms. The molecule has 0 saturated heterocycles. The molecule has 5 nitrogen and oxygen atoms in total. The molecule has 0 aliphatic rings. The molecule has 0 radical (unpaired) electrons. The van der Waals surface area contributed by atoms with Gasteiger partial charge in [-0.2, -0.15) is 4.68 Å². The first kappa shape index (κ1) is 13.2. The second kappa shape index (κ2) is 5.66. The summed E-state index contributed by atoms with van der Waals surface area (Å²) in [5, 5.41) is 0. The summed E-state index contributed by atoms with van der Waals surface area (Å²) >= 11 is 0. The zero-order valence-electron chi connectivity index (χ0n) is 11.4. The number of nitrogens with zero attached hydrogens (tertiary/aromatic N) is 2. The van der Waals surface area contributed by atoms with E-state index in [1.54, 1.807) is 12.1 Å². The number of rotatable bonds is 4. The van der Waals surface area contributed by atoms with Crippen molar-refractivity contribution < 1.29 is 0 Å². The summed E-state index contributed by atoms with van der Waals surface area (Å²) in [4.78, 5) is 26.2. The van der Waals surface area contributed by atoms with Crippen molar-refractivity contribution in [2.75, 3.05) is 0 Å². The fraction of sp³-hybridized carbons (Fsp3) is 0.125. The van der Waals surface area contributed by atoms with Gasteiger partial charge in [0, 0.05) is 6.54 Å². The van der Waals surface area contributed by atoms with Crippen LogP contribution in [-0.2, 0) is 13.0 Å². The first-order valence-corrected chi connectivity index (χ1v) is 6.77. The monoisotopic (exact) mass is 281 g/mol. The molecule has 1 N–H and O–H groups in total. The Hall–Kier alpha value is -2.82. The summed E-state index contributed by atoms with van der Waals surface area (Å²) in [7, 11) is 0. The highest BCUT2D eigenvalue weighted by molar-refractivity contribution is 5.29. The van der Waals surface area contributed by atoms with E-state index in [0.29, 0.717) is 18.7 Å². The highest BCUT2D eigenvalue weighted by Crippen LogP contribution is 2.04. The molecule has 0 aliphatic heterocycles. The van der Waals surface area contributed by atoms with Crippen molar-refractivity contribution >= 4 is 0 Å². The number of hydrogen-bond acceptors (Lipinski definition) is 2. The van der Waals surface area contributed by atoms with Crippen LogP contribution < -0.4 is 11.4 Å². The maximum absolute atomic E-state index is 12.0. The predicted octanol–water partition coefficient (Wildman–Crippen LogP) is 1.57. The molecule has 5 heteroatoms. The van der Waals surface area contributed by atoms with Gasteiger partial charge in [0.15, 0.2) is 0 Å². The Labute approximate surface area is 121 Å². The van der Waals surface area contributed by atoms with Gasteiger partial charge in [-0.05, 0) is 24.1 Å². The Kier molecular flexibility index (Phi) is 3.55. The van der Waals surface area contributed by atoms with E-state index in [9.17, 15) is 9.59 Å². The number of hydrogen-bond donors (Lipinski definition) is 1. The molecule has 3 rings (SSSR count). The van der Waals surface area contributed by atoms with Gasteiger partial charge in [0.2, 0.25) is 0 Å². The maximum atomic E-state index is 12.0. The zero-order chi connectivity index (χ0) is 14.7. The van der Waals surface area contributed by atoms with Crippen LogP contribution in [0.25, 0.3) is 5.69 Å². The van der Waals surface area contributed by atoms with E-state index in [4.69, 9.17) is 0 Å². The summed E-state index contributed by atoms with van der Waals surface area (Å²) < 4.78 is 2.82. The Morgan fingerprint density at radius 1 is 0.810 bits per heavy atom. The highest BCUT2D eigenvalue weighted by Gasteiger charge is 2.10. The van der Waals surface area contributed by atoms with Gasteiger partial charge in [0.05, 0.1) is 5.69 Å². The van der Waals surface area contributed by atoms with Crippen LogP contribution in [-0.4, -0.2) is 14.3 Å². The molecule has 1 heterocycles. The normalized spacial score (nSPS) is 10.7. The second-order valence-corrected chi connectivity index (χ2v) is 4.74. The van der Waals surface area contributed by atoms with Crippen molar-refractivity contribution in [3.05, 3.63) is 87.2 Å². The third kappa shape index (κ3) is 2.72. The minimum absolute atomic E-state index is 0.389. The van der Waals surface area contributed by atoms with E-state index in [1.807, 2.05) is 48.5 Å². The summed E-state index contributed by atoms with van der Waals surface area (Å²) in [5.74, 6) is 0. The largest absolute Gasteiger partial charge is 0.349 e. The predicted molar refractivity (Wildman–Crippen MR) is 80.8 cm³/mol. The first-order valence-electron chi connectivity index (χ1n) is 6.77. The fourth-order valence-electron chi connectivity index (χ4n) is 2.32. The van der Waals surface area contributed by atoms with Gasteiger partial charge in [-0.1, -0.05) is 48.5 Å². The average molecular weight is 281 g/mol. The van der Waals surface area contributed by atoms with Crippen LogP contribution in [0.15, 0.2) is 70.3 Å². The molecule has 0 saturated carbocycles. The molecule has 3 aromatic rings. The molecule has 0 spiro atoms. The molecule has 0 fully saturated rings. The lowest BCUT2D eigenvalue weighted by Gasteiger charge is -2.09. The SMILES string of the molecule is O=c1[nH]c(=O)n(-c2ccccc2)n1CCc1ccccc1. The molecule has 1 aromatic heterocycles. The van der Waals surface area contributed by atoms with Crippen LogP contribution >= 0.6 is 0 Å². The van der Waals surface area contributed by atoms with Crippen LogP contribution in [0.4, 0.5) is 0 Å². The molecule has 0 aliphatic carbocycles. The molecule has 0 unspecified atom stereocenters. The van der Waals surface area contributed by atoms with E-state index in [1.165, 1.54) is 9.36 Å². The van der Waals surface area contributed by atoms with Crippen molar-refractivity contribution in [2.24, 2.45) is 0 Å². The molecular weight excluding hydrogens is 266 g/mol. The Bertz CT molecular complexity index is 829. The van der Waals surface area contributed by atoms with Gasteiger partial charge in [-0.15, -0.1) is 0 Å². The number of aryl methyl sites for hydroxylation is 1. The van der Waals surface area contributed by atoms with Crippen molar-refractivity contribution in [3.8, 4) is 5.69 Å². The lowest BCUT2D eigenvalue weighted by molar-refractivity contribution is 0.528. The number of nitrogens with one attached hydrogen (secondary N) is 1. The molecule has 106 valence electrons. The standard InChI is InChI=1S/C16H15N3O2/c20-15-17-16(21)19(14-9-5-2-6-10-14)18(15)12-11-13-7-3-1-4-8-13/h1-10H,11-12H2,(H,17,20,21). The Morgan fingerprint density at radius 2 is 1.43 bits per heavy atom. The summed E-state index contributed by atoms with van der Waals surface area (Å²) in [5.41, 5.74) is 0.991.